The Morgan fingerprint density at radius 2 is 1.83 bits per heavy atom. The summed E-state index contributed by atoms with van der Waals surface area (Å²) in [5.41, 5.74) is 1.37. The molecule has 8 heteroatoms. The maximum atomic E-state index is 13.1. The fourth-order valence-corrected chi connectivity index (χ4v) is 2.44. The van der Waals surface area contributed by atoms with Gasteiger partial charge in [0.15, 0.2) is 5.82 Å². The molecule has 0 fully saturated rings. The molecule has 0 aliphatic heterocycles. The van der Waals surface area contributed by atoms with Crippen LogP contribution in [0, 0.1) is 17.1 Å². The smallest absolute Gasteiger partial charge is 0.227 e. The second kappa shape index (κ2) is 7.23. The highest BCUT2D eigenvalue weighted by Gasteiger charge is 2.13. The van der Waals surface area contributed by atoms with Gasteiger partial charge < -0.3 is 0 Å². The van der Waals surface area contributed by atoms with Crippen molar-refractivity contribution in [1.29, 1.82) is 5.26 Å². The molecule has 1 heterocycles. The van der Waals surface area contributed by atoms with Crippen molar-refractivity contribution in [1.82, 2.24) is 14.8 Å². The Morgan fingerprint density at radius 1 is 1.12 bits per heavy atom. The SMILES string of the molecule is COOSc1ccc(-c2nc(C#N)nn2-c2ccc(F)cc2)cc1. The Morgan fingerprint density at radius 3 is 2.46 bits per heavy atom. The molecule has 1 aromatic heterocycles. The minimum Gasteiger partial charge on any atom is -0.227 e. The summed E-state index contributed by atoms with van der Waals surface area (Å²) in [6.45, 7) is 0. The van der Waals surface area contributed by atoms with Crippen LogP contribution >= 0.6 is 12.0 Å². The molecule has 6 nitrogen and oxygen atoms in total. The van der Waals surface area contributed by atoms with Crippen LogP contribution in [0.25, 0.3) is 17.1 Å². The topological polar surface area (TPSA) is 73.0 Å². The molecule has 0 spiro atoms. The van der Waals surface area contributed by atoms with Crippen molar-refractivity contribution in [3.8, 4) is 23.1 Å². The predicted molar refractivity (Wildman–Crippen MR) is 85.4 cm³/mol. The standard InChI is InChI=1S/C16H11FN4O2S/c1-22-23-24-14-8-2-11(3-9-14)16-19-15(10-18)20-21(16)13-6-4-12(17)5-7-13/h2-9H,1H3. The molecule has 120 valence electrons. The van der Waals surface area contributed by atoms with E-state index in [1.165, 1.54) is 23.9 Å². The average molecular weight is 342 g/mol. The van der Waals surface area contributed by atoms with Gasteiger partial charge in [-0.3, -0.25) is 0 Å². The van der Waals surface area contributed by atoms with E-state index in [9.17, 15) is 4.39 Å². The summed E-state index contributed by atoms with van der Waals surface area (Å²) in [5, 5.41) is 13.2. The number of nitrogens with zero attached hydrogens (tertiary/aromatic N) is 4. The first kappa shape index (κ1) is 16.1. The van der Waals surface area contributed by atoms with Crippen LogP contribution in [0.4, 0.5) is 4.39 Å². The van der Waals surface area contributed by atoms with Gasteiger partial charge in [-0.15, -0.1) is 5.10 Å². The van der Waals surface area contributed by atoms with E-state index >= 15 is 0 Å². The molecule has 0 saturated carbocycles. The van der Waals surface area contributed by atoms with Crippen LogP contribution in [0.5, 0.6) is 0 Å². The zero-order valence-electron chi connectivity index (χ0n) is 12.5. The third-order valence-electron chi connectivity index (χ3n) is 3.09. The molecule has 0 unspecified atom stereocenters. The highest BCUT2D eigenvalue weighted by atomic mass is 32.2. The molecule has 0 aliphatic carbocycles. The molecule has 0 saturated heterocycles. The van der Waals surface area contributed by atoms with E-state index in [1.54, 1.807) is 12.1 Å². The van der Waals surface area contributed by atoms with E-state index in [1.807, 2.05) is 30.3 Å². The molecule has 2 aromatic carbocycles. The molecule has 0 amide bonds. The van der Waals surface area contributed by atoms with Gasteiger partial charge in [-0.2, -0.15) is 14.6 Å². The minimum atomic E-state index is -0.347. The fourth-order valence-electron chi connectivity index (χ4n) is 2.04. The Balaban J connectivity index is 1.99. The number of halogens is 1. The molecule has 0 aliphatic rings. The number of rotatable bonds is 5. The summed E-state index contributed by atoms with van der Waals surface area (Å²) in [6.07, 6.45) is 0. The zero-order valence-corrected chi connectivity index (χ0v) is 13.3. The summed E-state index contributed by atoms with van der Waals surface area (Å²) in [6, 6.07) is 15.0. The van der Waals surface area contributed by atoms with Crippen LogP contribution in [-0.2, 0) is 9.22 Å². The monoisotopic (exact) mass is 342 g/mol. The third-order valence-corrected chi connectivity index (χ3v) is 3.76. The van der Waals surface area contributed by atoms with Crippen molar-refractivity contribution >= 4 is 12.0 Å². The summed E-state index contributed by atoms with van der Waals surface area (Å²) < 4.78 is 19.4. The van der Waals surface area contributed by atoms with Crippen molar-refractivity contribution in [3.05, 3.63) is 60.2 Å². The molecule has 3 rings (SSSR count). The van der Waals surface area contributed by atoms with E-state index in [0.29, 0.717) is 11.5 Å². The predicted octanol–water partition coefficient (Wildman–Crippen LogP) is 3.53. The van der Waals surface area contributed by atoms with Crippen LogP contribution in [0.3, 0.4) is 0 Å². The van der Waals surface area contributed by atoms with E-state index in [4.69, 9.17) is 9.60 Å². The van der Waals surface area contributed by atoms with E-state index in [0.717, 1.165) is 22.5 Å². The van der Waals surface area contributed by atoms with E-state index in [-0.39, 0.29) is 11.6 Å². The lowest BCUT2D eigenvalue weighted by Gasteiger charge is -2.06. The largest absolute Gasteiger partial charge is 0.253 e. The first-order valence-electron chi connectivity index (χ1n) is 6.82. The number of hydrogen-bond donors (Lipinski definition) is 0. The van der Waals surface area contributed by atoms with E-state index < -0.39 is 0 Å². The van der Waals surface area contributed by atoms with Gasteiger partial charge in [-0.25, -0.2) is 14.0 Å². The molecule has 0 atom stereocenters. The van der Waals surface area contributed by atoms with Crippen LogP contribution in [0.1, 0.15) is 5.82 Å². The first-order valence-corrected chi connectivity index (χ1v) is 7.56. The van der Waals surface area contributed by atoms with Crippen molar-refractivity contribution in [2.24, 2.45) is 0 Å². The van der Waals surface area contributed by atoms with Gasteiger partial charge in [0, 0.05) is 10.5 Å². The molecular weight excluding hydrogens is 331 g/mol. The van der Waals surface area contributed by atoms with Gasteiger partial charge in [0.1, 0.15) is 11.9 Å². The lowest BCUT2D eigenvalue weighted by Crippen LogP contribution is -1.99. The number of nitriles is 1. The molecular formula is C16H11FN4O2S. The summed E-state index contributed by atoms with van der Waals surface area (Å²) >= 11 is 1.08. The molecule has 0 radical (unpaired) electrons. The third kappa shape index (κ3) is 3.44. The Labute approximate surface area is 141 Å². The van der Waals surface area contributed by atoms with Crippen molar-refractivity contribution < 1.29 is 13.6 Å². The Kier molecular flexibility index (Phi) is 4.86. The van der Waals surface area contributed by atoms with Gasteiger partial charge in [0.25, 0.3) is 5.82 Å². The average Bonchev–Trinajstić information content (AvgIpc) is 3.05. The molecule has 0 bridgehead atoms. The fraction of sp³-hybridized carbons (Fsp3) is 0.0625. The highest BCUT2D eigenvalue weighted by Crippen LogP contribution is 2.25. The quantitative estimate of drug-likeness (QED) is 0.401. The van der Waals surface area contributed by atoms with Crippen LogP contribution in [0.2, 0.25) is 0 Å². The molecule has 0 N–H and O–H groups in total. The lowest BCUT2D eigenvalue weighted by atomic mass is 10.2. The van der Waals surface area contributed by atoms with Gasteiger partial charge in [-0.1, -0.05) is 0 Å². The van der Waals surface area contributed by atoms with Crippen molar-refractivity contribution in [3.63, 3.8) is 0 Å². The maximum Gasteiger partial charge on any atom is 0.253 e. The highest BCUT2D eigenvalue weighted by molar-refractivity contribution is 7.94. The van der Waals surface area contributed by atoms with Gasteiger partial charge in [-0.05, 0) is 48.5 Å². The van der Waals surface area contributed by atoms with Gasteiger partial charge >= 0.3 is 0 Å². The van der Waals surface area contributed by atoms with E-state index in [2.05, 4.69) is 15.0 Å². The summed E-state index contributed by atoms with van der Waals surface area (Å²) in [4.78, 5) is 9.60. The van der Waals surface area contributed by atoms with Crippen molar-refractivity contribution in [2.75, 3.05) is 7.11 Å². The van der Waals surface area contributed by atoms with Crippen molar-refractivity contribution in [2.45, 2.75) is 4.90 Å². The first-order chi connectivity index (χ1) is 11.7. The Bertz CT molecular complexity index is 873. The molecule has 24 heavy (non-hydrogen) atoms. The van der Waals surface area contributed by atoms with Gasteiger partial charge in [0.2, 0.25) is 0 Å². The zero-order chi connectivity index (χ0) is 16.9. The second-order valence-corrected chi connectivity index (χ2v) is 5.38. The Hall–Kier alpha value is -2.73. The normalized spacial score (nSPS) is 10.5. The molecule has 3 aromatic rings. The number of benzene rings is 2. The van der Waals surface area contributed by atoms with Crippen LogP contribution < -0.4 is 0 Å². The number of aromatic nitrogens is 3. The number of hydrogen-bond acceptors (Lipinski definition) is 6. The lowest BCUT2D eigenvalue weighted by molar-refractivity contribution is -0.160. The van der Waals surface area contributed by atoms with Crippen LogP contribution in [0.15, 0.2) is 53.4 Å². The van der Waals surface area contributed by atoms with Crippen LogP contribution in [-0.4, -0.2) is 21.9 Å². The second-order valence-electron chi connectivity index (χ2n) is 4.60. The van der Waals surface area contributed by atoms with Gasteiger partial charge in [0.05, 0.1) is 24.8 Å². The minimum absolute atomic E-state index is 0.0375. The maximum absolute atomic E-state index is 13.1. The summed E-state index contributed by atoms with van der Waals surface area (Å²) in [7, 11) is 1.43. The summed E-state index contributed by atoms with van der Waals surface area (Å²) in [5.74, 6) is 0.179.